The van der Waals surface area contributed by atoms with Crippen LogP contribution in [-0.2, 0) is 4.79 Å². The van der Waals surface area contributed by atoms with E-state index in [9.17, 15) is 4.79 Å². The number of thioether (sulfide) groups is 1. The van der Waals surface area contributed by atoms with Gasteiger partial charge in [-0.2, -0.15) is 9.78 Å². The molecule has 0 saturated carbocycles. The van der Waals surface area contributed by atoms with Gasteiger partial charge in [0.15, 0.2) is 5.16 Å². The summed E-state index contributed by atoms with van der Waals surface area (Å²) in [7, 11) is 0. The van der Waals surface area contributed by atoms with E-state index in [0.717, 1.165) is 44.7 Å². The number of fused-ring (bicyclic) bond motifs is 5. The number of aryl methyl sites for hydroxylation is 3. The van der Waals surface area contributed by atoms with Gasteiger partial charge in [0.05, 0.1) is 28.0 Å². The number of aromatic nitrogens is 7. The van der Waals surface area contributed by atoms with Crippen molar-refractivity contribution in [1.82, 2.24) is 34.1 Å². The van der Waals surface area contributed by atoms with E-state index in [-0.39, 0.29) is 11.7 Å². The Morgan fingerprint density at radius 1 is 0.861 bits per heavy atom. The molecule has 0 radical (unpaired) electrons. The first kappa shape index (κ1) is 22.2. The summed E-state index contributed by atoms with van der Waals surface area (Å²) in [5.74, 6) is 0.919. The molecule has 4 aromatic heterocycles. The van der Waals surface area contributed by atoms with Crippen LogP contribution in [0.15, 0.2) is 65.8 Å². The lowest BCUT2D eigenvalue weighted by Crippen LogP contribution is -2.18. The number of anilines is 1. The zero-order chi connectivity index (χ0) is 24.8. The molecule has 6 rings (SSSR count). The van der Waals surface area contributed by atoms with Crippen LogP contribution in [0.2, 0.25) is 0 Å². The number of hydrogen-bond donors (Lipinski definition) is 1. The van der Waals surface area contributed by atoms with Crippen molar-refractivity contribution in [2.45, 2.75) is 25.9 Å². The fourth-order valence-electron chi connectivity index (χ4n) is 4.26. The standard InChI is InChI=1S/C26H22N8OS/c1-15-12-16(2)28-25(27-15)34-22(13-17(3)32-34)31-23(35)14-36-26-30-19-9-5-4-8-18(19)24-29-20-10-6-7-11-21(20)33(24)26/h4-13H,14H2,1-3H3,(H,31,35). The number of amides is 1. The molecule has 0 aliphatic rings. The SMILES string of the molecule is Cc1cc(C)nc(-n2nc(C)cc2NC(=O)CSc2nc3ccccc3c3nc4ccccc4n23)n1. The van der Waals surface area contributed by atoms with Crippen LogP contribution >= 0.6 is 11.8 Å². The molecule has 0 bridgehead atoms. The first-order chi connectivity index (χ1) is 17.5. The molecule has 178 valence electrons. The lowest BCUT2D eigenvalue weighted by molar-refractivity contribution is -0.113. The molecule has 36 heavy (non-hydrogen) atoms. The monoisotopic (exact) mass is 494 g/mol. The van der Waals surface area contributed by atoms with Gasteiger partial charge >= 0.3 is 0 Å². The third-order valence-corrected chi connectivity index (χ3v) is 6.64. The molecular weight excluding hydrogens is 472 g/mol. The molecule has 4 heterocycles. The molecule has 0 aliphatic heterocycles. The van der Waals surface area contributed by atoms with Gasteiger partial charge in [0.2, 0.25) is 5.91 Å². The van der Waals surface area contributed by atoms with E-state index >= 15 is 0 Å². The number of imidazole rings is 1. The normalized spacial score (nSPS) is 11.5. The summed E-state index contributed by atoms with van der Waals surface area (Å²) in [5, 5.41) is 9.12. The highest BCUT2D eigenvalue weighted by molar-refractivity contribution is 7.99. The molecule has 6 aromatic rings. The molecule has 2 aromatic carbocycles. The maximum Gasteiger partial charge on any atom is 0.252 e. The highest BCUT2D eigenvalue weighted by atomic mass is 32.2. The van der Waals surface area contributed by atoms with Gasteiger partial charge in [-0.3, -0.25) is 9.20 Å². The maximum atomic E-state index is 13.0. The van der Waals surface area contributed by atoms with E-state index in [1.165, 1.54) is 11.8 Å². The summed E-state index contributed by atoms with van der Waals surface area (Å²) in [6.07, 6.45) is 0. The van der Waals surface area contributed by atoms with Gasteiger partial charge in [-0.25, -0.2) is 19.9 Å². The molecule has 0 spiro atoms. The van der Waals surface area contributed by atoms with Crippen molar-refractivity contribution >= 4 is 51.1 Å². The van der Waals surface area contributed by atoms with Crippen LogP contribution < -0.4 is 5.32 Å². The van der Waals surface area contributed by atoms with Gasteiger partial charge in [0.25, 0.3) is 5.95 Å². The lowest BCUT2D eigenvalue weighted by Gasteiger charge is -2.10. The Morgan fingerprint density at radius 2 is 1.58 bits per heavy atom. The zero-order valence-electron chi connectivity index (χ0n) is 19.9. The van der Waals surface area contributed by atoms with Crippen molar-refractivity contribution in [3.63, 3.8) is 0 Å². The Balaban J connectivity index is 1.32. The minimum atomic E-state index is -0.182. The molecule has 0 atom stereocenters. The van der Waals surface area contributed by atoms with Gasteiger partial charge in [0.1, 0.15) is 11.5 Å². The molecule has 0 aliphatic carbocycles. The van der Waals surface area contributed by atoms with Gasteiger partial charge in [-0.15, -0.1) is 0 Å². The van der Waals surface area contributed by atoms with Crippen LogP contribution in [0.1, 0.15) is 17.1 Å². The van der Waals surface area contributed by atoms with Crippen molar-refractivity contribution in [3.05, 3.63) is 77.7 Å². The molecule has 1 N–H and O–H groups in total. The summed E-state index contributed by atoms with van der Waals surface area (Å²) in [5.41, 5.74) is 5.91. The Hall–Kier alpha value is -4.31. The highest BCUT2D eigenvalue weighted by Gasteiger charge is 2.17. The molecule has 10 heteroatoms. The number of nitrogens with zero attached hydrogens (tertiary/aromatic N) is 7. The summed E-state index contributed by atoms with van der Waals surface area (Å²) < 4.78 is 3.58. The molecule has 1 amide bonds. The second kappa shape index (κ2) is 8.72. The molecule has 9 nitrogen and oxygen atoms in total. The minimum absolute atomic E-state index is 0.158. The summed E-state index contributed by atoms with van der Waals surface area (Å²) >= 11 is 1.36. The Labute approximate surface area is 210 Å². The van der Waals surface area contributed by atoms with Crippen molar-refractivity contribution in [1.29, 1.82) is 0 Å². The predicted octanol–water partition coefficient (Wildman–Crippen LogP) is 4.67. The van der Waals surface area contributed by atoms with Crippen LogP contribution in [0.4, 0.5) is 5.82 Å². The number of hydrogen-bond acceptors (Lipinski definition) is 7. The fraction of sp³-hybridized carbons (Fsp3) is 0.154. The lowest BCUT2D eigenvalue weighted by atomic mass is 10.2. The number of nitrogens with one attached hydrogen (secondary N) is 1. The van der Waals surface area contributed by atoms with Crippen molar-refractivity contribution in [2.75, 3.05) is 11.1 Å². The quantitative estimate of drug-likeness (QED) is 0.274. The first-order valence-electron chi connectivity index (χ1n) is 11.4. The molecular formula is C26H22N8OS. The van der Waals surface area contributed by atoms with Gasteiger partial charge in [-0.05, 0) is 51.1 Å². The average Bonchev–Trinajstić information content (AvgIpc) is 3.42. The predicted molar refractivity (Wildman–Crippen MR) is 141 cm³/mol. The topological polar surface area (TPSA) is 103 Å². The third kappa shape index (κ3) is 3.95. The molecule has 0 saturated heterocycles. The van der Waals surface area contributed by atoms with Gasteiger partial charge < -0.3 is 5.32 Å². The fourth-order valence-corrected chi connectivity index (χ4v) is 5.07. The van der Waals surface area contributed by atoms with Crippen LogP contribution in [0.25, 0.3) is 33.5 Å². The minimum Gasteiger partial charge on any atom is -0.310 e. The second-order valence-corrected chi connectivity index (χ2v) is 9.48. The van der Waals surface area contributed by atoms with E-state index < -0.39 is 0 Å². The van der Waals surface area contributed by atoms with E-state index in [1.54, 1.807) is 10.7 Å². The largest absolute Gasteiger partial charge is 0.310 e. The first-order valence-corrected chi connectivity index (χ1v) is 12.4. The smallest absolute Gasteiger partial charge is 0.252 e. The number of carbonyl (C=O) groups excluding carboxylic acids is 1. The number of rotatable bonds is 5. The van der Waals surface area contributed by atoms with Crippen LogP contribution in [-0.4, -0.2) is 45.8 Å². The van der Waals surface area contributed by atoms with Gasteiger partial charge in [0, 0.05) is 22.8 Å². The van der Waals surface area contributed by atoms with Crippen LogP contribution in [0.3, 0.4) is 0 Å². The van der Waals surface area contributed by atoms with Crippen molar-refractivity contribution in [2.24, 2.45) is 0 Å². The van der Waals surface area contributed by atoms with Crippen LogP contribution in [0, 0.1) is 20.8 Å². The van der Waals surface area contributed by atoms with Crippen LogP contribution in [0.5, 0.6) is 0 Å². The number of benzene rings is 2. The number of para-hydroxylation sites is 3. The Bertz CT molecular complexity index is 1770. The van der Waals surface area contributed by atoms with Crippen molar-refractivity contribution in [3.8, 4) is 5.95 Å². The Kier molecular flexibility index (Phi) is 5.37. The van der Waals surface area contributed by atoms with E-state index in [4.69, 9.17) is 9.97 Å². The zero-order valence-corrected chi connectivity index (χ0v) is 20.7. The van der Waals surface area contributed by atoms with E-state index in [1.807, 2.05) is 79.8 Å². The van der Waals surface area contributed by atoms with E-state index in [0.29, 0.717) is 16.9 Å². The number of carbonyl (C=O) groups is 1. The maximum absolute atomic E-state index is 13.0. The summed E-state index contributed by atoms with van der Waals surface area (Å²) in [4.78, 5) is 31.7. The highest BCUT2D eigenvalue weighted by Crippen LogP contribution is 2.29. The second-order valence-electron chi connectivity index (χ2n) is 8.54. The molecule has 0 fully saturated rings. The van der Waals surface area contributed by atoms with Gasteiger partial charge in [-0.1, -0.05) is 36.0 Å². The average molecular weight is 495 g/mol. The Morgan fingerprint density at radius 3 is 2.39 bits per heavy atom. The third-order valence-electron chi connectivity index (χ3n) is 5.70. The summed E-state index contributed by atoms with van der Waals surface area (Å²) in [6.45, 7) is 5.67. The van der Waals surface area contributed by atoms with E-state index in [2.05, 4.69) is 20.4 Å². The molecule has 0 unspecified atom stereocenters. The van der Waals surface area contributed by atoms with Crippen molar-refractivity contribution < 1.29 is 4.79 Å². The summed E-state index contributed by atoms with van der Waals surface area (Å²) in [6, 6.07) is 19.6.